The summed E-state index contributed by atoms with van der Waals surface area (Å²) >= 11 is 0. The third-order valence-corrected chi connectivity index (χ3v) is 8.55. The highest BCUT2D eigenvalue weighted by molar-refractivity contribution is 6.32. The number of aldehydes is 1. The zero-order chi connectivity index (χ0) is 32.0. The van der Waals surface area contributed by atoms with Gasteiger partial charge in [-0.3, -0.25) is 4.79 Å². The van der Waals surface area contributed by atoms with Gasteiger partial charge in [-0.05, 0) is 105 Å². The summed E-state index contributed by atoms with van der Waals surface area (Å²) < 4.78 is 0. The first kappa shape index (κ1) is 33.3. The van der Waals surface area contributed by atoms with Gasteiger partial charge in [-0.2, -0.15) is 0 Å². The lowest BCUT2D eigenvalue weighted by Crippen LogP contribution is -2.09. The highest BCUT2D eigenvalue weighted by atomic mass is 16.1. The van der Waals surface area contributed by atoms with Crippen molar-refractivity contribution in [2.75, 3.05) is 5.73 Å². The number of aryl methyl sites for hydroxylation is 2. The number of hydrogen-bond donors (Lipinski definition) is 2. The van der Waals surface area contributed by atoms with Gasteiger partial charge in [0.25, 0.3) is 0 Å². The van der Waals surface area contributed by atoms with Crippen molar-refractivity contribution in [2.45, 2.75) is 61.9 Å². The number of carbonyl (C=O) groups excluding carboxylic acids is 1. The Hall–Kier alpha value is -4.22. The molecule has 5 nitrogen and oxygen atoms in total. The largest absolute Gasteiger partial charge is 0.398 e. The SMILES string of the molecule is Cc1c(C)c(C)c(CN)c(N)c1C.[B]c1ccc(-c2ncc3c(C)c(C)c(C)c(C)c3n2)cc1.[B]c1ccc(C=O)cc1. The van der Waals surface area contributed by atoms with Crippen molar-refractivity contribution < 1.29 is 4.79 Å². The van der Waals surface area contributed by atoms with E-state index in [1.807, 2.05) is 30.5 Å². The summed E-state index contributed by atoms with van der Waals surface area (Å²) in [6.07, 6.45) is 2.72. The number of nitrogen functional groups attached to an aromatic ring is 1. The standard InChI is InChI=1S/C18H17BN2.C11H18N2.C7H5BO/c1-10-11(2)13(4)17-16(12(10)3)9-20-18(21-17)14-5-7-15(19)8-6-14;1-6-7(2)9(4)11(13)10(5-12)8(6)3;8-7-3-1-6(5-9)2-4-7/h5-9H,1-4H3;5,12-13H2,1-4H3;1-5H. The van der Waals surface area contributed by atoms with Crippen LogP contribution in [-0.2, 0) is 6.54 Å². The Balaban J connectivity index is 0.000000196. The summed E-state index contributed by atoms with van der Waals surface area (Å²) in [5.41, 5.74) is 27.8. The number of carbonyl (C=O) groups is 1. The van der Waals surface area contributed by atoms with Crippen LogP contribution < -0.4 is 22.4 Å². The summed E-state index contributed by atoms with van der Waals surface area (Å²) in [6, 6.07) is 14.4. The molecule has 4 N–H and O–H groups in total. The summed E-state index contributed by atoms with van der Waals surface area (Å²) in [4.78, 5) is 19.4. The molecule has 4 aromatic carbocycles. The molecular weight excluding hydrogens is 526 g/mol. The van der Waals surface area contributed by atoms with Crippen LogP contribution in [0.4, 0.5) is 5.69 Å². The normalized spacial score (nSPS) is 10.4. The van der Waals surface area contributed by atoms with E-state index in [1.54, 1.807) is 24.3 Å². The number of benzene rings is 4. The van der Waals surface area contributed by atoms with Gasteiger partial charge in [0, 0.05) is 34.9 Å². The van der Waals surface area contributed by atoms with E-state index in [0.717, 1.165) is 45.3 Å². The van der Waals surface area contributed by atoms with E-state index in [1.165, 1.54) is 44.5 Å². The highest BCUT2D eigenvalue weighted by Crippen LogP contribution is 2.29. The molecule has 0 bridgehead atoms. The average molecular weight is 566 g/mol. The van der Waals surface area contributed by atoms with Crippen LogP contribution in [0.1, 0.15) is 60.4 Å². The third kappa shape index (κ3) is 7.41. The van der Waals surface area contributed by atoms with Crippen LogP contribution in [0.3, 0.4) is 0 Å². The van der Waals surface area contributed by atoms with Crippen LogP contribution in [0, 0.1) is 55.4 Å². The molecular formula is C36H40B2N4O. The molecule has 7 heteroatoms. The van der Waals surface area contributed by atoms with Gasteiger partial charge >= 0.3 is 0 Å². The molecule has 0 aliphatic heterocycles. The van der Waals surface area contributed by atoms with Gasteiger partial charge in [-0.25, -0.2) is 9.97 Å². The number of anilines is 1. The summed E-state index contributed by atoms with van der Waals surface area (Å²) in [5.74, 6) is 0.744. The topological polar surface area (TPSA) is 94.9 Å². The van der Waals surface area contributed by atoms with E-state index in [2.05, 4.69) is 60.4 Å². The highest BCUT2D eigenvalue weighted by Gasteiger charge is 2.13. The minimum absolute atomic E-state index is 0.527. The predicted octanol–water partition coefficient (Wildman–Crippen LogP) is 5.58. The Morgan fingerprint density at radius 3 is 1.70 bits per heavy atom. The molecule has 0 saturated carbocycles. The summed E-state index contributed by atoms with van der Waals surface area (Å²) in [5, 5.41) is 1.13. The Morgan fingerprint density at radius 2 is 1.16 bits per heavy atom. The fourth-order valence-corrected chi connectivity index (χ4v) is 4.91. The Labute approximate surface area is 259 Å². The second-order valence-electron chi connectivity index (χ2n) is 11.0. The zero-order valence-electron chi connectivity index (χ0n) is 26.6. The van der Waals surface area contributed by atoms with Crippen molar-refractivity contribution in [2.24, 2.45) is 5.73 Å². The lowest BCUT2D eigenvalue weighted by Gasteiger charge is -2.16. The monoisotopic (exact) mass is 566 g/mol. The Morgan fingerprint density at radius 1 is 0.674 bits per heavy atom. The first-order valence-corrected chi connectivity index (χ1v) is 14.3. The van der Waals surface area contributed by atoms with Gasteiger partial charge in [0.05, 0.1) is 5.52 Å². The van der Waals surface area contributed by atoms with Crippen LogP contribution in [0.2, 0.25) is 0 Å². The van der Waals surface area contributed by atoms with Gasteiger partial charge in [-0.1, -0.05) is 59.5 Å². The first-order valence-electron chi connectivity index (χ1n) is 14.3. The lowest BCUT2D eigenvalue weighted by atomic mass is 9.92. The van der Waals surface area contributed by atoms with E-state index in [-0.39, 0.29) is 0 Å². The fourth-order valence-electron chi connectivity index (χ4n) is 4.91. The summed E-state index contributed by atoms with van der Waals surface area (Å²) in [7, 11) is 11.1. The number of rotatable bonds is 3. The fraction of sp³-hybridized carbons (Fsp3) is 0.250. The molecule has 0 atom stereocenters. The van der Waals surface area contributed by atoms with Gasteiger partial charge in [0.1, 0.15) is 22.0 Å². The molecule has 0 saturated heterocycles. The van der Waals surface area contributed by atoms with Crippen molar-refractivity contribution in [3.63, 3.8) is 0 Å². The van der Waals surface area contributed by atoms with Gasteiger partial charge in [-0.15, -0.1) is 0 Å². The molecule has 0 aliphatic rings. The molecule has 0 spiro atoms. The second-order valence-corrected chi connectivity index (χ2v) is 11.0. The molecule has 0 fully saturated rings. The number of aromatic nitrogens is 2. The minimum atomic E-state index is 0.527. The molecule has 1 heterocycles. The molecule has 0 unspecified atom stereocenters. The first-order chi connectivity index (χ1) is 20.3. The quantitative estimate of drug-likeness (QED) is 0.169. The van der Waals surface area contributed by atoms with E-state index < -0.39 is 0 Å². The van der Waals surface area contributed by atoms with Crippen molar-refractivity contribution in [1.82, 2.24) is 9.97 Å². The van der Waals surface area contributed by atoms with E-state index in [0.29, 0.717) is 17.6 Å². The number of hydrogen-bond acceptors (Lipinski definition) is 5. The van der Waals surface area contributed by atoms with Crippen LogP contribution in [-0.4, -0.2) is 31.9 Å². The van der Waals surface area contributed by atoms with Gasteiger partial charge in [0.2, 0.25) is 0 Å². The molecule has 5 rings (SSSR count). The zero-order valence-corrected chi connectivity index (χ0v) is 26.6. The predicted molar refractivity (Wildman–Crippen MR) is 184 cm³/mol. The second kappa shape index (κ2) is 14.3. The minimum Gasteiger partial charge on any atom is -0.398 e. The molecule has 43 heavy (non-hydrogen) atoms. The van der Waals surface area contributed by atoms with E-state index in [4.69, 9.17) is 32.1 Å². The molecule has 5 aromatic rings. The Bertz CT molecular complexity index is 1730. The van der Waals surface area contributed by atoms with Crippen LogP contribution >= 0.6 is 0 Å². The maximum Gasteiger partial charge on any atom is 0.159 e. The number of nitrogens with zero attached hydrogens (tertiary/aromatic N) is 2. The maximum atomic E-state index is 10.1. The summed E-state index contributed by atoms with van der Waals surface area (Å²) in [6.45, 7) is 17.5. The molecule has 0 amide bonds. The van der Waals surface area contributed by atoms with Crippen molar-refractivity contribution >= 4 is 49.5 Å². The maximum absolute atomic E-state index is 10.1. The molecule has 0 aliphatic carbocycles. The van der Waals surface area contributed by atoms with Crippen molar-refractivity contribution in [3.05, 3.63) is 110 Å². The van der Waals surface area contributed by atoms with Crippen molar-refractivity contribution in [3.8, 4) is 11.4 Å². The van der Waals surface area contributed by atoms with Gasteiger partial charge in [0.15, 0.2) is 5.82 Å². The van der Waals surface area contributed by atoms with Gasteiger partial charge < -0.3 is 11.5 Å². The molecule has 216 valence electrons. The van der Waals surface area contributed by atoms with E-state index in [9.17, 15) is 4.79 Å². The number of nitrogens with two attached hydrogens (primary N) is 2. The molecule has 1 aromatic heterocycles. The van der Waals surface area contributed by atoms with Crippen LogP contribution in [0.15, 0.2) is 54.7 Å². The van der Waals surface area contributed by atoms with Crippen molar-refractivity contribution in [1.29, 1.82) is 0 Å². The van der Waals surface area contributed by atoms with Crippen LogP contribution in [0.25, 0.3) is 22.3 Å². The van der Waals surface area contributed by atoms with Crippen LogP contribution in [0.5, 0.6) is 0 Å². The Kier molecular flexibility index (Phi) is 11.1. The lowest BCUT2D eigenvalue weighted by molar-refractivity contribution is 0.112. The average Bonchev–Trinajstić information content (AvgIpc) is 3.02. The molecule has 4 radical (unpaired) electrons. The smallest absolute Gasteiger partial charge is 0.159 e. The number of fused-ring (bicyclic) bond motifs is 1. The van der Waals surface area contributed by atoms with E-state index >= 15 is 0 Å². The third-order valence-electron chi connectivity index (χ3n) is 8.55.